The number of carbonyl (C=O) groups excluding carboxylic acids is 1. The lowest BCUT2D eigenvalue weighted by Gasteiger charge is -2.12. The number of hydrogen-bond donors (Lipinski definition) is 0. The third-order valence-electron chi connectivity index (χ3n) is 1.83. The molecule has 1 aliphatic rings. The van der Waals surface area contributed by atoms with Crippen LogP contribution in [0.5, 0.6) is 0 Å². The topological polar surface area (TPSA) is 26.3 Å². The van der Waals surface area contributed by atoms with Crippen LogP contribution in [0, 0.1) is 5.92 Å². The van der Waals surface area contributed by atoms with Crippen molar-refractivity contribution in [3.05, 3.63) is 23.8 Å². The Balaban J connectivity index is 2.53. The molecule has 1 aliphatic carbocycles. The van der Waals surface area contributed by atoms with E-state index < -0.39 is 0 Å². The van der Waals surface area contributed by atoms with E-state index in [2.05, 4.69) is 26.7 Å². The van der Waals surface area contributed by atoms with Gasteiger partial charge >= 0.3 is 5.97 Å². The highest BCUT2D eigenvalue weighted by atomic mass is 79.9. The van der Waals surface area contributed by atoms with Crippen molar-refractivity contribution in [1.29, 1.82) is 0 Å². The van der Waals surface area contributed by atoms with E-state index in [4.69, 9.17) is 0 Å². The number of hydrogen-bond acceptors (Lipinski definition) is 2. The fourth-order valence-corrected chi connectivity index (χ4v) is 1.51. The molecule has 0 saturated heterocycles. The van der Waals surface area contributed by atoms with Gasteiger partial charge in [0.1, 0.15) is 0 Å². The van der Waals surface area contributed by atoms with Crippen molar-refractivity contribution in [2.75, 3.05) is 12.4 Å². The molecule has 0 radical (unpaired) electrons. The number of carbonyl (C=O) groups is 1. The van der Waals surface area contributed by atoms with Crippen LogP contribution >= 0.6 is 15.9 Å². The fraction of sp³-hybridized carbons (Fsp3) is 0.444. The number of ether oxygens (including phenoxy) is 1. The standard InChI is InChI=1S/C9H11BrO2/c1-12-9(11)8-4-2-7(6-10)3-5-8/h2-4,8H,5-6H2,1H3. The van der Waals surface area contributed by atoms with Gasteiger partial charge in [-0.3, -0.25) is 4.79 Å². The van der Waals surface area contributed by atoms with Crippen LogP contribution in [-0.4, -0.2) is 18.4 Å². The molecule has 1 rings (SSSR count). The van der Waals surface area contributed by atoms with E-state index in [9.17, 15) is 4.79 Å². The third-order valence-corrected chi connectivity index (χ3v) is 2.48. The summed E-state index contributed by atoms with van der Waals surface area (Å²) in [5.74, 6) is -0.242. The van der Waals surface area contributed by atoms with Crippen molar-refractivity contribution in [2.24, 2.45) is 5.92 Å². The van der Waals surface area contributed by atoms with Crippen molar-refractivity contribution in [2.45, 2.75) is 6.42 Å². The smallest absolute Gasteiger partial charge is 0.312 e. The monoisotopic (exact) mass is 230 g/mol. The zero-order chi connectivity index (χ0) is 8.97. The van der Waals surface area contributed by atoms with Crippen LogP contribution < -0.4 is 0 Å². The first kappa shape index (κ1) is 9.52. The SMILES string of the molecule is COC(=O)C1C=CC(CBr)=CC1. The van der Waals surface area contributed by atoms with Gasteiger partial charge in [-0.05, 0) is 12.0 Å². The summed E-state index contributed by atoms with van der Waals surface area (Å²) in [6.07, 6.45) is 6.66. The average molecular weight is 231 g/mol. The Morgan fingerprint density at radius 2 is 2.58 bits per heavy atom. The average Bonchev–Trinajstić information content (AvgIpc) is 2.17. The van der Waals surface area contributed by atoms with Crippen molar-refractivity contribution in [3.63, 3.8) is 0 Å². The molecule has 0 bridgehead atoms. The van der Waals surface area contributed by atoms with Gasteiger partial charge in [-0.2, -0.15) is 0 Å². The van der Waals surface area contributed by atoms with E-state index in [0.29, 0.717) is 0 Å². The Morgan fingerprint density at radius 3 is 3.00 bits per heavy atom. The van der Waals surface area contributed by atoms with E-state index >= 15 is 0 Å². The molecule has 0 fully saturated rings. The lowest BCUT2D eigenvalue weighted by molar-refractivity contribution is -0.143. The summed E-state index contributed by atoms with van der Waals surface area (Å²) in [4.78, 5) is 11.0. The number of alkyl halides is 1. The van der Waals surface area contributed by atoms with Crippen molar-refractivity contribution in [1.82, 2.24) is 0 Å². The van der Waals surface area contributed by atoms with Crippen LogP contribution in [0.1, 0.15) is 6.42 Å². The molecule has 0 aromatic carbocycles. The quantitative estimate of drug-likeness (QED) is 0.537. The second-order valence-corrected chi connectivity index (χ2v) is 3.20. The Labute approximate surface area is 80.4 Å². The largest absolute Gasteiger partial charge is 0.469 e. The van der Waals surface area contributed by atoms with E-state index in [1.54, 1.807) is 0 Å². The predicted molar refractivity (Wildman–Crippen MR) is 51.1 cm³/mol. The van der Waals surface area contributed by atoms with Gasteiger partial charge in [0.05, 0.1) is 13.0 Å². The first-order chi connectivity index (χ1) is 5.77. The van der Waals surface area contributed by atoms with Crippen LogP contribution in [0.25, 0.3) is 0 Å². The van der Waals surface area contributed by atoms with Crippen LogP contribution in [0.4, 0.5) is 0 Å². The summed E-state index contributed by atoms with van der Waals surface area (Å²) < 4.78 is 4.63. The third kappa shape index (κ3) is 2.21. The normalized spacial score (nSPS) is 21.8. The summed E-state index contributed by atoms with van der Waals surface area (Å²) in [6.45, 7) is 0. The molecule has 0 heterocycles. The number of methoxy groups -OCH3 is 1. The second-order valence-electron chi connectivity index (χ2n) is 2.64. The molecule has 0 saturated carbocycles. The minimum absolute atomic E-state index is 0.0854. The highest BCUT2D eigenvalue weighted by molar-refractivity contribution is 9.09. The lowest BCUT2D eigenvalue weighted by atomic mass is 9.98. The summed E-state index contributed by atoms with van der Waals surface area (Å²) in [7, 11) is 1.42. The zero-order valence-electron chi connectivity index (χ0n) is 6.92. The number of allylic oxidation sites excluding steroid dienone is 3. The van der Waals surface area contributed by atoms with Crippen LogP contribution in [0.3, 0.4) is 0 Å². The summed E-state index contributed by atoms with van der Waals surface area (Å²) >= 11 is 3.35. The van der Waals surface area contributed by atoms with E-state index in [-0.39, 0.29) is 11.9 Å². The maximum Gasteiger partial charge on any atom is 0.312 e. The Morgan fingerprint density at radius 1 is 1.83 bits per heavy atom. The maximum atomic E-state index is 11.0. The van der Waals surface area contributed by atoms with Gasteiger partial charge in [0.25, 0.3) is 0 Å². The van der Waals surface area contributed by atoms with Crippen LogP contribution in [-0.2, 0) is 9.53 Å². The van der Waals surface area contributed by atoms with Crippen LogP contribution in [0.2, 0.25) is 0 Å². The number of esters is 1. The highest BCUT2D eigenvalue weighted by Crippen LogP contribution is 2.18. The van der Waals surface area contributed by atoms with E-state index in [1.165, 1.54) is 12.7 Å². The highest BCUT2D eigenvalue weighted by Gasteiger charge is 2.16. The molecule has 1 unspecified atom stereocenters. The predicted octanol–water partition coefficient (Wildman–Crippen LogP) is 2.06. The summed E-state index contributed by atoms with van der Waals surface area (Å²) in [5.41, 5.74) is 1.22. The minimum Gasteiger partial charge on any atom is -0.469 e. The Hall–Kier alpha value is -0.570. The second kappa shape index (κ2) is 4.45. The van der Waals surface area contributed by atoms with Crippen LogP contribution in [0.15, 0.2) is 23.8 Å². The van der Waals surface area contributed by atoms with Crippen molar-refractivity contribution < 1.29 is 9.53 Å². The van der Waals surface area contributed by atoms with Gasteiger partial charge in [-0.15, -0.1) is 0 Å². The molecule has 2 nitrogen and oxygen atoms in total. The fourth-order valence-electron chi connectivity index (χ4n) is 1.09. The number of halogens is 1. The van der Waals surface area contributed by atoms with Crippen molar-refractivity contribution in [3.8, 4) is 0 Å². The van der Waals surface area contributed by atoms with Gasteiger partial charge in [-0.1, -0.05) is 34.2 Å². The summed E-state index contributed by atoms with van der Waals surface area (Å²) in [6, 6.07) is 0. The molecule has 66 valence electrons. The Bertz CT molecular complexity index is 231. The molecule has 3 heteroatoms. The van der Waals surface area contributed by atoms with Crippen molar-refractivity contribution >= 4 is 21.9 Å². The van der Waals surface area contributed by atoms with Gasteiger partial charge < -0.3 is 4.74 Å². The van der Waals surface area contributed by atoms with E-state index in [1.807, 2.05) is 12.2 Å². The molecular weight excluding hydrogens is 220 g/mol. The zero-order valence-corrected chi connectivity index (χ0v) is 8.50. The molecule has 0 aromatic rings. The van der Waals surface area contributed by atoms with Gasteiger partial charge in [0.15, 0.2) is 0 Å². The van der Waals surface area contributed by atoms with E-state index in [0.717, 1.165) is 11.8 Å². The molecule has 0 amide bonds. The van der Waals surface area contributed by atoms with Gasteiger partial charge in [0.2, 0.25) is 0 Å². The lowest BCUT2D eigenvalue weighted by Crippen LogP contribution is -2.15. The minimum atomic E-state index is -0.156. The summed E-state index contributed by atoms with van der Waals surface area (Å²) in [5, 5.41) is 0.845. The molecule has 0 aliphatic heterocycles. The number of rotatable bonds is 2. The maximum absolute atomic E-state index is 11.0. The molecule has 0 N–H and O–H groups in total. The van der Waals surface area contributed by atoms with Gasteiger partial charge in [0, 0.05) is 5.33 Å². The molecule has 0 aromatic heterocycles. The molecular formula is C9H11BrO2. The first-order valence-corrected chi connectivity index (χ1v) is 4.91. The molecule has 12 heavy (non-hydrogen) atoms. The Kier molecular flexibility index (Phi) is 3.53. The first-order valence-electron chi connectivity index (χ1n) is 3.79. The van der Waals surface area contributed by atoms with Gasteiger partial charge in [-0.25, -0.2) is 0 Å². The molecule has 1 atom stereocenters. The molecule has 0 spiro atoms.